The van der Waals surface area contributed by atoms with Crippen LogP contribution in [0, 0.1) is 5.82 Å². The van der Waals surface area contributed by atoms with Crippen LogP contribution in [0.4, 0.5) is 4.39 Å². The largest absolute Gasteiger partial charge is 0.300 e. The molecule has 0 N–H and O–H groups in total. The highest BCUT2D eigenvalue weighted by atomic mass is 35.5. The molecule has 1 aliphatic carbocycles. The second kappa shape index (κ2) is 5.81. The SMILES string of the molecule is CN(Cc1ccc(F)cc1Cl)C1CCC(=O)CC1. The summed E-state index contributed by atoms with van der Waals surface area (Å²) in [7, 11) is 2.03. The van der Waals surface area contributed by atoms with Crippen LogP contribution in [0.3, 0.4) is 0 Å². The molecule has 1 fully saturated rings. The molecule has 0 bridgehead atoms. The minimum atomic E-state index is -0.310. The van der Waals surface area contributed by atoms with Gasteiger partial charge in [-0.2, -0.15) is 0 Å². The highest BCUT2D eigenvalue weighted by Gasteiger charge is 2.22. The molecule has 98 valence electrons. The van der Waals surface area contributed by atoms with Gasteiger partial charge in [0, 0.05) is 30.5 Å². The van der Waals surface area contributed by atoms with Gasteiger partial charge in [-0.1, -0.05) is 17.7 Å². The lowest BCUT2D eigenvalue weighted by molar-refractivity contribution is -0.121. The number of carbonyl (C=O) groups is 1. The third-order valence-corrected chi connectivity index (χ3v) is 3.92. The maximum atomic E-state index is 12.9. The molecule has 0 spiro atoms. The Balaban J connectivity index is 1.98. The molecule has 18 heavy (non-hydrogen) atoms. The fraction of sp³-hybridized carbons (Fsp3) is 0.500. The van der Waals surface area contributed by atoms with E-state index in [0.717, 1.165) is 18.4 Å². The molecule has 0 saturated heterocycles. The number of nitrogens with zero attached hydrogens (tertiary/aromatic N) is 1. The molecule has 0 aromatic heterocycles. The Morgan fingerprint density at radius 3 is 2.67 bits per heavy atom. The molecule has 0 radical (unpaired) electrons. The summed E-state index contributed by atoms with van der Waals surface area (Å²) in [6, 6.07) is 4.92. The molecule has 0 amide bonds. The summed E-state index contributed by atoms with van der Waals surface area (Å²) in [6.45, 7) is 0.692. The zero-order valence-corrected chi connectivity index (χ0v) is 11.2. The van der Waals surface area contributed by atoms with E-state index in [9.17, 15) is 9.18 Å². The molecule has 1 aliphatic rings. The lowest BCUT2D eigenvalue weighted by Crippen LogP contribution is -2.34. The Bertz CT molecular complexity index is 439. The second-order valence-corrected chi connectivity index (χ2v) is 5.33. The summed E-state index contributed by atoms with van der Waals surface area (Å²) in [4.78, 5) is 13.4. The van der Waals surface area contributed by atoms with Gasteiger partial charge in [0.05, 0.1) is 0 Å². The lowest BCUT2D eigenvalue weighted by atomic mass is 9.93. The van der Waals surface area contributed by atoms with Crippen molar-refractivity contribution in [2.24, 2.45) is 0 Å². The van der Waals surface area contributed by atoms with Gasteiger partial charge in [0.15, 0.2) is 0 Å². The summed E-state index contributed by atoms with van der Waals surface area (Å²) in [5.41, 5.74) is 0.928. The van der Waals surface area contributed by atoms with E-state index in [0.29, 0.717) is 36.2 Å². The maximum absolute atomic E-state index is 12.9. The first-order chi connectivity index (χ1) is 8.56. The van der Waals surface area contributed by atoms with Crippen LogP contribution in [0.2, 0.25) is 5.02 Å². The maximum Gasteiger partial charge on any atom is 0.133 e. The van der Waals surface area contributed by atoms with E-state index in [-0.39, 0.29) is 5.82 Å². The number of rotatable bonds is 3. The van der Waals surface area contributed by atoms with Gasteiger partial charge >= 0.3 is 0 Å². The Kier molecular flexibility index (Phi) is 4.36. The zero-order valence-electron chi connectivity index (χ0n) is 10.5. The second-order valence-electron chi connectivity index (χ2n) is 4.92. The number of halogens is 2. The third kappa shape index (κ3) is 3.30. The predicted molar refractivity (Wildman–Crippen MR) is 70.1 cm³/mol. The number of hydrogen-bond donors (Lipinski definition) is 0. The molecule has 2 rings (SSSR count). The summed E-state index contributed by atoms with van der Waals surface area (Å²) in [6.07, 6.45) is 3.17. The number of hydrogen-bond acceptors (Lipinski definition) is 2. The first kappa shape index (κ1) is 13.5. The first-order valence-electron chi connectivity index (χ1n) is 6.22. The van der Waals surface area contributed by atoms with E-state index in [1.165, 1.54) is 12.1 Å². The topological polar surface area (TPSA) is 20.3 Å². The normalized spacial score (nSPS) is 17.4. The Morgan fingerprint density at radius 2 is 2.06 bits per heavy atom. The molecule has 4 heteroatoms. The zero-order chi connectivity index (χ0) is 13.1. The highest BCUT2D eigenvalue weighted by Crippen LogP contribution is 2.24. The summed E-state index contributed by atoms with van der Waals surface area (Å²) in [5, 5.41) is 0.466. The van der Waals surface area contributed by atoms with E-state index in [1.54, 1.807) is 6.07 Å². The van der Waals surface area contributed by atoms with Crippen molar-refractivity contribution in [3.05, 3.63) is 34.6 Å². The molecule has 1 saturated carbocycles. The smallest absolute Gasteiger partial charge is 0.133 e. The molecule has 0 unspecified atom stereocenters. The molecular formula is C14H17ClFNO. The van der Waals surface area contributed by atoms with Gasteiger partial charge in [0.1, 0.15) is 11.6 Å². The number of benzene rings is 1. The Morgan fingerprint density at radius 1 is 1.39 bits per heavy atom. The highest BCUT2D eigenvalue weighted by molar-refractivity contribution is 6.31. The molecule has 0 atom stereocenters. The average Bonchev–Trinajstić information content (AvgIpc) is 2.33. The fourth-order valence-corrected chi connectivity index (χ4v) is 2.64. The minimum absolute atomic E-state index is 0.310. The van der Waals surface area contributed by atoms with Crippen LogP contribution in [-0.2, 0) is 11.3 Å². The van der Waals surface area contributed by atoms with Gasteiger partial charge in [-0.05, 0) is 37.6 Å². The predicted octanol–water partition coefficient (Wildman–Crippen LogP) is 3.42. The van der Waals surface area contributed by atoms with Crippen LogP contribution in [0.25, 0.3) is 0 Å². The Labute approximate surface area is 112 Å². The van der Waals surface area contributed by atoms with Crippen LogP contribution < -0.4 is 0 Å². The van der Waals surface area contributed by atoms with E-state index in [1.807, 2.05) is 7.05 Å². The van der Waals surface area contributed by atoms with Crippen LogP contribution in [0.5, 0.6) is 0 Å². The summed E-state index contributed by atoms with van der Waals surface area (Å²) >= 11 is 6.01. The van der Waals surface area contributed by atoms with Crippen molar-refractivity contribution in [3.63, 3.8) is 0 Å². The minimum Gasteiger partial charge on any atom is -0.300 e. The standard InChI is InChI=1S/C14H17ClFNO/c1-17(12-4-6-13(18)7-5-12)9-10-2-3-11(16)8-14(10)15/h2-3,8,12H,4-7,9H2,1H3. The molecule has 1 aromatic carbocycles. The molecule has 0 heterocycles. The summed E-state index contributed by atoms with van der Waals surface area (Å²) < 4.78 is 12.9. The number of carbonyl (C=O) groups excluding carboxylic acids is 1. The third-order valence-electron chi connectivity index (χ3n) is 3.57. The number of ketones is 1. The molecular weight excluding hydrogens is 253 g/mol. The van der Waals surface area contributed by atoms with Gasteiger partial charge in [0.25, 0.3) is 0 Å². The van der Waals surface area contributed by atoms with Crippen molar-refractivity contribution in [1.82, 2.24) is 4.90 Å². The van der Waals surface area contributed by atoms with Crippen molar-refractivity contribution in [2.75, 3.05) is 7.05 Å². The van der Waals surface area contributed by atoms with Gasteiger partial charge in [-0.3, -0.25) is 9.69 Å². The van der Waals surface area contributed by atoms with E-state index >= 15 is 0 Å². The van der Waals surface area contributed by atoms with Crippen molar-refractivity contribution >= 4 is 17.4 Å². The summed E-state index contributed by atoms with van der Waals surface area (Å²) in [5.74, 6) is 0.0501. The lowest BCUT2D eigenvalue weighted by Gasteiger charge is -2.30. The van der Waals surface area contributed by atoms with E-state index in [4.69, 9.17) is 11.6 Å². The van der Waals surface area contributed by atoms with E-state index in [2.05, 4.69) is 4.90 Å². The Hall–Kier alpha value is -0.930. The van der Waals surface area contributed by atoms with E-state index < -0.39 is 0 Å². The quantitative estimate of drug-likeness (QED) is 0.838. The van der Waals surface area contributed by atoms with Gasteiger partial charge in [-0.15, -0.1) is 0 Å². The van der Waals surface area contributed by atoms with Crippen molar-refractivity contribution < 1.29 is 9.18 Å². The fourth-order valence-electron chi connectivity index (χ4n) is 2.41. The van der Waals surface area contributed by atoms with Crippen molar-refractivity contribution in [2.45, 2.75) is 38.3 Å². The number of Topliss-reactive ketones (excluding diaryl/α,β-unsaturated/α-hetero) is 1. The molecule has 2 nitrogen and oxygen atoms in total. The van der Waals surface area contributed by atoms with Gasteiger partial charge in [-0.25, -0.2) is 4.39 Å². The van der Waals surface area contributed by atoms with Crippen molar-refractivity contribution in [3.8, 4) is 0 Å². The van der Waals surface area contributed by atoms with Gasteiger partial charge < -0.3 is 0 Å². The monoisotopic (exact) mass is 269 g/mol. The first-order valence-corrected chi connectivity index (χ1v) is 6.60. The van der Waals surface area contributed by atoms with Crippen LogP contribution in [0.15, 0.2) is 18.2 Å². The van der Waals surface area contributed by atoms with Crippen LogP contribution in [0.1, 0.15) is 31.2 Å². The average molecular weight is 270 g/mol. The molecule has 0 aliphatic heterocycles. The van der Waals surface area contributed by atoms with Crippen molar-refractivity contribution in [1.29, 1.82) is 0 Å². The van der Waals surface area contributed by atoms with Crippen LogP contribution in [-0.4, -0.2) is 23.8 Å². The molecule has 1 aromatic rings. The van der Waals surface area contributed by atoms with Gasteiger partial charge in [0.2, 0.25) is 0 Å². The van der Waals surface area contributed by atoms with Crippen LogP contribution >= 0.6 is 11.6 Å².